The third-order valence-corrected chi connectivity index (χ3v) is 9.11. The van der Waals surface area contributed by atoms with Crippen molar-refractivity contribution in [2.45, 2.75) is 56.7 Å². The lowest BCUT2D eigenvalue weighted by Gasteiger charge is -2.58. The smallest absolute Gasteiger partial charge is 0.270 e. The van der Waals surface area contributed by atoms with Gasteiger partial charge in [0.05, 0.1) is 16.2 Å². The number of piperazine rings is 1. The van der Waals surface area contributed by atoms with Gasteiger partial charge in [0.25, 0.3) is 5.91 Å². The molecule has 4 saturated carbocycles. The van der Waals surface area contributed by atoms with Gasteiger partial charge in [-0.15, -0.1) is 0 Å². The molecule has 4 N–H and O–H groups in total. The molecule has 10 heteroatoms. The zero-order valence-electron chi connectivity index (χ0n) is 20.9. The summed E-state index contributed by atoms with van der Waals surface area (Å²) in [5.41, 5.74) is 5.52. The number of pyridine rings is 2. The molecule has 1 saturated heterocycles. The van der Waals surface area contributed by atoms with E-state index < -0.39 is 11.5 Å². The molecule has 2 aromatic heterocycles. The fourth-order valence-electron chi connectivity index (χ4n) is 7.44. The topological polar surface area (TPSA) is 125 Å². The first-order valence-corrected chi connectivity index (χ1v) is 13.5. The first-order chi connectivity index (χ1) is 17.7. The number of hydrogen-bond acceptors (Lipinski definition) is 7. The van der Waals surface area contributed by atoms with E-state index in [0.717, 1.165) is 37.9 Å². The number of rotatable bonds is 5. The minimum Gasteiger partial charge on any atom is -0.390 e. The van der Waals surface area contributed by atoms with E-state index in [9.17, 15) is 14.7 Å². The predicted octanol–water partition coefficient (Wildman–Crippen LogP) is 2.61. The molecule has 2 unspecified atom stereocenters. The first-order valence-electron chi connectivity index (χ1n) is 13.2. The molecular formula is C27H33ClN6O3. The van der Waals surface area contributed by atoms with E-state index in [1.165, 1.54) is 6.20 Å². The number of hydrogen-bond donors (Lipinski definition) is 3. The Labute approximate surface area is 221 Å². The molecule has 4 aliphatic carbocycles. The van der Waals surface area contributed by atoms with Crippen LogP contribution in [0.15, 0.2) is 30.5 Å². The maximum absolute atomic E-state index is 13.3. The van der Waals surface area contributed by atoms with Gasteiger partial charge in [0.1, 0.15) is 17.3 Å². The van der Waals surface area contributed by atoms with Gasteiger partial charge in [-0.3, -0.25) is 9.59 Å². The van der Waals surface area contributed by atoms with E-state index in [4.69, 9.17) is 22.3 Å². The maximum atomic E-state index is 13.3. The molecule has 5 aliphatic rings. The summed E-state index contributed by atoms with van der Waals surface area (Å²) in [5.74, 6) is 2.01. The van der Waals surface area contributed by atoms with E-state index in [2.05, 4.69) is 27.0 Å². The number of amides is 2. The van der Waals surface area contributed by atoms with E-state index in [-0.39, 0.29) is 23.6 Å². The highest BCUT2D eigenvalue weighted by molar-refractivity contribution is 6.33. The van der Waals surface area contributed by atoms with Crippen LogP contribution in [0.25, 0.3) is 0 Å². The number of primary amides is 1. The van der Waals surface area contributed by atoms with Gasteiger partial charge in [-0.2, -0.15) is 0 Å². The number of aromatic nitrogens is 2. The van der Waals surface area contributed by atoms with Crippen molar-refractivity contribution >= 4 is 35.1 Å². The second-order valence-electron chi connectivity index (χ2n) is 11.5. The predicted molar refractivity (Wildman–Crippen MR) is 141 cm³/mol. The van der Waals surface area contributed by atoms with Crippen molar-refractivity contribution in [3.05, 3.63) is 46.7 Å². The Hall–Kier alpha value is -2.91. The van der Waals surface area contributed by atoms with Crippen LogP contribution >= 0.6 is 11.6 Å². The van der Waals surface area contributed by atoms with E-state index in [1.807, 2.05) is 12.1 Å². The number of carbonyl (C=O) groups is 2. The highest BCUT2D eigenvalue weighted by atomic mass is 35.5. The van der Waals surface area contributed by atoms with Crippen LogP contribution in [0, 0.1) is 17.8 Å². The summed E-state index contributed by atoms with van der Waals surface area (Å²) in [5, 5.41) is 14.5. The Morgan fingerprint density at radius 1 is 1.19 bits per heavy atom. The zero-order chi connectivity index (χ0) is 25.9. The van der Waals surface area contributed by atoms with Crippen molar-refractivity contribution in [3.63, 3.8) is 0 Å². The van der Waals surface area contributed by atoms with E-state index in [0.29, 0.717) is 53.9 Å². The SMILES string of the molecule is C[C@@H]1CN(c2ncc(C(N)=O)cc2Cl)CCN1c1cccc(C(=O)N[C@H]2C3CC4CC2C[C@](O)(C4)C3)n1. The highest BCUT2D eigenvalue weighted by Crippen LogP contribution is 2.55. The second-order valence-corrected chi connectivity index (χ2v) is 11.9. The lowest BCUT2D eigenvalue weighted by Crippen LogP contribution is -2.61. The molecule has 196 valence electrons. The summed E-state index contributed by atoms with van der Waals surface area (Å²) in [6.07, 6.45) is 6.17. The molecule has 2 aromatic rings. The lowest BCUT2D eigenvalue weighted by atomic mass is 9.52. The molecule has 0 spiro atoms. The third kappa shape index (κ3) is 4.52. The number of anilines is 2. The summed E-state index contributed by atoms with van der Waals surface area (Å²) < 4.78 is 0. The molecule has 1 aliphatic heterocycles. The molecule has 3 heterocycles. The maximum Gasteiger partial charge on any atom is 0.270 e. The number of carbonyl (C=O) groups excluding carboxylic acids is 2. The van der Waals surface area contributed by atoms with Crippen LogP contribution in [0.5, 0.6) is 0 Å². The van der Waals surface area contributed by atoms with Crippen LogP contribution in [0.2, 0.25) is 5.02 Å². The highest BCUT2D eigenvalue weighted by Gasteiger charge is 2.55. The van der Waals surface area contributed by atoms with Crippen molar-refractivity contribution in [2.75, 3.05) is 29.4 Å². The van der Waals surface area contributed by atoms with Gasteiger partial charge in [-0.1, -0.05) is 17.7 Å². The molecule has 3 atom stereocenters. The summed E-state index contributed by atoms with van der Waals surface area (Å²) in [7, 11) is 0. The number of aliphatic hydroxyl groups is 1. The Balaban J connectivity index is 1.13. The number of halogens is 1. The average molecular weight is 525 g/mol. The van der Waals surface area contributed by atoms with Gasteiger partial charge < -0.3 is 26.0 Å². The Bertz CT molecular complexity index is 1220. The molecule has 2 amide bonds. The molecule has 7 rings (SSSR count). The van der Waals surface area contributed by atoms with Gasteiger partial charge in [0.2, 0.25) is 5.91 Å². The minimum atomic E-state index is -0.560. The van der Waals surface area contributed by atoms with Crippen molar-refractivity contribution in [1.82, 2.24) is 15.3 Å². The number of nitrogens with two attached hydrogens (primary N) is 1. The summed E-state index contributed by atoms with van der Waals surface area (Å²) >= 11 is 6.40. The molecule has 5 fully saturated rings. The zero-order valence-corrected chi connectivity index (χ0v) is 21.7. The molecule has 0 radical (unpaired) electrons. The third-order valence-electron chi connectivity index (χ3n) is 8.83. The van der Waals surface area contributed by atoms with Crippen LogP contribution in [-0.4, -0.2) is 64.2 Å². The van der Waals surface area contributed by atoms with Crippen LogP contribution < -0.4 is 20.9 Å². The van der Waals surface area contributed by atoms with E-state index >= 15 is 0 Å². The number of nitrogens with one attached hydrogen (secondary N) is 1. The summed E-state index contributed by atoms with van der Waals surface area (Å²) in [6.45, 7) is 4.12. The van der Waals surface area contributed by atoms with Gasteiger partial charge in [0, 0.05) is 37.9 Å². The first kappa shape index (κ1) is 24.4. The van der Waals surface area contributed by atoms with Gasteiger partial charge in [0.15, 0.2) is 0 Å². The molecule has 37 heavy (non-hydrogen) atoms. The molecule has 4 bridgehead atoms. The van der Waals surface area contributed by atoms with Crippen LogP contribution in [0.3, 0.4) is 0 Å². The largest absolute Gasteiger partial charge is 0.390 e. The number of nitrogens with zero attached hydrogens (tertiary/aromatic N) is 4. The van der Waals surface area contributed by atoms with Crippen molar-refractivity contribution < 1.29 is 14.7 Å². The lowest BCUT2D eigenvalue weighted by molar-refractivity contribution is -0.136. The van der Waals surface area contributed by atoms with Crippen LogP contribution in [-0.2, 0) is 0 Å². The quantitative estimate of drug-likeness (QED) is 0.549. The molecular weight excluding hydrogens is 492 g/mol. The average Bonchev–Trinajstić information content (AvgIpc) is 2.85. The van der Waals surface area contributed by atoms with Crippen LogP contribution in [0.1, 0.15) is 59.9 Å². The normalized spacial score (nSPS) is 32.5. The van der Waals surface area contributed by atoms with Gasteiger partial charge in [-0.25, -0.2) is 9.97 Å². The Morgan fingerprint density at radius 3 is 2.59 bits per heavy atom. The fraction of sp³-hybridized carbons (Fsp3) is 0.556. The standard InChI is InChI=1S/C27H33ClN6O3/c1-15-14-33(25-20(28)9-19(13-30-25)24(29)35)5-6-34(15)22-4-2-3-21(31-22)26(36)32-23-17-7-16-8-18(23)12-27(37,10-16)11-17/h2-4,9,13,15-18,23,37H,5-8,10-12,14H2,1H3,(H2,29,35)(H,32,36)/t15-,16?,17?,18?,23-,27-/m1/s1. The Morgan fingerprint density at radius 2 is 1.95 bits per heavy atom. The Kier molecular flexibility index (Phi) is 6.03. The monoisotopic (exact) mass is 524 g/mol. The van der Waals surface area contributed by atoms with Crippen molar-refractivity contribution in [3.8, 4) is 0 Å². The molecule has 9 nitrogen and oxygen atoms in total. The minimum absolute atomic E-state index is 0.0958. The summed E-state index contributed by atoms with van der Waals surface area (Å²) in [6, 6.07) is 7.36. The van der Waals surface area contributed by atoms with E-state index in [1.54, 1.807) is 12.1 Å². The van der Waals surface area contributed by atoms with Crippen molar-refractivity contribution in [1.29, 1.82) is 0 Å². The summed E-state index contributed by atoms with van der Waals surface area (Å²) in [4.78, 5) is 38.1. The second kappa shape index (κ2) is 9.13. The van der Waals surface area contributed by atoms with Gasteiger partial charge in [-0.05, 0) is 75.0 Å². The van der Waals surface area contributed by atoms with Gasteiger partial charge >= 0.3 is 0 Å². The van der Waals surface area contributed by atoms with Crippen molar-refractivity contribution in [2.24, 2.45) is 23.5 Å². The fourth-order valence-corrected chi connectivity index (χ4v) is 7.73. The molecule has 0 aromatic carbocycles. The van der Waals surface area contributed by atoms with Crippen LogP contribution in [0.4, 0.5) is 11.6 Å².